The molecule has 0 saturated carbocycles. The van der Waals surface area contributed by atoms with E-state index >= 15 is 0 Å². The molecule has 0 heterocycles. The van der Waals surface area contributed by atoms with E-state index in [4.69, 9.17) is 15.5 Å². The van der Waals surface area contributed by atoms with Gasteiger partial charge in [-0.3, -0.25) is 9.56 Å². The van der Waals surface area contributed by atoms with Crippen molar-refractivity contribution in [3.63, 3.8) is 0 Å². The maximum absolute atomic E-state index is 10.7. The van der Waals surface area contributed by atoms with Crippen LogP contribution >= 0.6 is 0 Å². The molecule has 0 fully saturated rings. The first-order valence-corrected chi connectivity index (χ1v) is 5.56. The zero-order valence-electron chi connectivity index (χ0n) is 8.03. The Morgan fingerprint density at radius 3 is 2.13 bits per heavy atom. The molecule has 1 atom stereocenters. The lowest BCUT2D eigenvalue weighted by Gasteiger charge is -2.21. The normalized spacial score (nSPS) is 13.6. The molecule has 0 aromatic heterocycles. The summed E-state index contributed by atoms with van der Waals surface area (Å²) in [5, 5.41) is 10.2. The SMILES string of the molecule is CC(O)N(N)c1ccc(S(=O)(=O)O)cc1. The summed E-state index contributed by atoms with van der Waals surface area (Å²) >= 11 is 0. The molecule has 0 aliphatic heterocycles. The molecule has 6 nitrogen and oxygen atoms in total. The Labute approximate surface area is 87.7 Å². The summed E-state index contributed by atoms with van der Waals surface area (Å²) in [7, 11) is -4.19. The van der Waals surface area contributed by atoms with Gasteiger partial charge in [0.25, 0.3) is 10.1 Å². The summed E-state index contributed by atoms with van der Waals surface area (Å²) in [5.74, 6) is 5.47. The van der Waals surface area contributed by atoms with Crippen molar-refractivity contribution in [2.24, 2.45) is 5.84 Å². The van der Waals surface area contributed by atoms with Gasteiger partial charge in [-0.1, -0.05) is 0 Å². The van der Waals surface area contributed by atoms with E-state index in [9.17, 15) is 8.42 Å². The average Bonchev–Trinajstić information content (AvgIpc) is 2.15. The van der Waals surface area contributed by atoms with Crippen LogP contribution in [-0.2, 0) is 10.1 Å². The number of nitrogens with zero attached hydrogens (tertiary/aromatic N) is 1. The number of anilines is 1. The van der Waals surface area contributed by atoms with E-state index in [2.05, 4.69) is 0 Å². The molecule has 1 rings (SSSR count). The van der Waals surface area contributed by atoms with Gasteiger partial charge < -0.3 is 5.11 Å². The molecule has 0 aliphatic rings. The zero-order valence-corrected chi connectivity index (χ0v) is 8.85. The van der Waals surface area contributed by atoms with Crippen LogP contribution in [0.5, 0.6) is 0 Å². The Morgan fingerprint density at radius 1 is 1.33 bits per heavy atom. The van der Waals surface area contributed by atoms with Crippen molar-refractivity contribution < 1.29 is 18.1 Å². The summed E-state index contributed by atoms with van der Waals surface area (Å²) in [5.41, 5.74) is 0.442. The predicted molar refractivity (Wildman–Crippen MR) is 54.6 cm³/mol. The third-order valence-electron chi connectivity index (χ3n) is 1.84. The van der Waals surface area contributed by atoms with E-state index in [0.29, 0.717) is 5.69 Å². The molecule has 1 aromatic carbocycles. The van der Waals surface area contributed by atoms with Gasteiger partial charge in [0, 0.05) is 0 Å². The van der Waals surface area contributed by atoms with Crippen LogP contribution in [0.25, 0.3) is 0 Å². The zero-order chi connectivity index (χ0) is 11.6. The molecule has 0 radical (unpaired) electrons. The highest BCUT2D eigenvalue weighted by Gasteiger charge is 2.11. The van der Waals surface area contributed by atoms with Crippen molar-refractivity contribution in [2.75, 3.05) is 5.01 Å². The Balaban J connectivity index is 3.01. The first-order valence-electron chi connectivity index (χ1n) is 4.12. The number of aliphatic hydroxyl groups excluding tert-OH is 1. The molecule has 0 amide bonds. The molecule has 0 spiro atoms. The third kappa shape index (κ3) is 2.90. The van der Waals surface area contributed by atoms with E-state index in [1.807, 2.05) is 0 Å². The van der Waals surface area contributed by atoms with Gasteiger partial charge in [0.2, 0.25) is 0 Å². The van der Waals surface area contributed by atoms with Gasteiger partial charge >= 0.3 is 0 Å². The lowest BCUT2D eigenvalue weighted by atomic mass is 10.3. The van der Waals surface area contributed by atoms with E-state index in [1.165, 1.54) is 31.2 Å². The molecule has 15 heavy (non-hydrogen) atoms. The molecule has 0 aliphatic carbocycles. The van der Waals surface area contributed by atoms with E-state index < -0.39 is 16.3 Å². The molecule has 0 saturated heterocycles. The molecular weight excluding hydrogens is 220 g/mol. The maximum Gasteiger partial charge on any atom is 0.294 e. The van der Waals surface area contributed by atoms with Crippen molar-refractivity contribution in [3.05, 3.63) is 24.3 Å². The summed E-state index contributed by atoms with van der Waals surface area (Å²) in [4.78, 5) is -0.217. The standard InChI is InChI=1S/C8H12N2O4S/c1-6(11)10(9)7-2-4-8(5-3-7)15(12,13)14/h2-6,11H,9H2,1H3,(H,12,13,14). The summed E-state index contributed by atoms with van der Waals surface area (Å²) in [6.07, 6.45) is -0.887. The summed E-state index contributed by atoms with van der Waals surface area (Å²) < 4.78 is 30.1. The number of benzene rings is 1. The first-order chi connectivity index (χ1) is 6.82. The minimum absolute atomic E-state index is 0.217. The Hall–Kier alpha value is -1.15. The highest BCUT2D eigenvalue weighted by atomic mass is 32.2. The van der Waals surface area contributed by atoms with Gasteiger partial charge in [-0.2, -0.15) is 8.42 Å². The van der Waals surface area contributed by atoms with Crippen molar-refractivity contribution >= 4 is 15.8 Å². The second-order valence-corrected chi connectivity index (χ2v) is 4.43. The van der Waals surface area contributed by atoms with Gasteiger partial charge in [-0.15, -0.1) is 0 Å². The Morgan fingerprint density at radius 2 is 1.80 bits per heavy atom. The van der Waals surface area contributed by atoms with Crippen LogP contribution in [0.15, 0.2) is 29.2 Å². The lowest BCUT2D eigenvalue weighted by Crippen LogP contribution is -2.39. The van der Waals surface area contributed by atoms with Crippen molar-refractivity contribution in [1.82, 2.24) is 0 Å². The average molecular weight is 232 g/mol. The fourth-order valence-corrected chi connectivity index (χ4v) is 1.49. The highest BCUT2D eigenvalue weighted by molar-refractivity contribution is 7.85. The van der Waals surface area contributed by atoms with Crippen LogP contribution < -0.4 is 10.9 Å². The van der Waals surface area contributed by atoms with E-state index in [-0.39, 0.29) is 4.90 Å². The second-order valence-electron chi connectivity index (χ2n) is 3.01. The molecular formula is C8H12N2O4S. The topological polar surface area (TPSA) is 104 Å². The van der Waals surface area contributed by atoms with Crippen LogP contribution in [0, 0.1) is 0 Å². The van der Waals surface area contributed by atoms with Gasteiger partial charge in [-0.25, -0.2) is 5.84 Å². The monoisotopic (exact) mass is 232 g/mol. The third-order valence-corrected chi connectivity index (χ3v) is 2.70. The van der Waals surface area contributed by atoms with Gasteiger partial charge in [-0.05, 0) is 31.2 Å². The van der Waals surface area contributed by atoms with Crippen LogP contribution in [0.1, 0.15) is 6.92 Å². The van der Waals surface area contributed by atoms with Crippen LogP contribution in [0.3, 0.4) is 0 Å². The Kier molecular flexibility index (Phi) is 3.30. The predicted octanol–water partition coefficient (Wildman–Crippen LogP) is -0.0483. The number of aliphatic hydroxyl groups is 1. The van der Waals surface area contributed by atoms with Crippen molar-refractivity contribution in [3.8, 4) is 0 Å². The lowest BCUT2D eigenvalue weighted by molar-refractivity contribution is 0.189. The molecule has 4 N–H and O–H groups in total. The summed E-state index contributed by atoms with van der Waals surface area (Å²) in [6.45, 7) is 1.47. The maximum atomic E-state index is 10.7. The minimum Gasteiger partial charge on any atom is -0.373 e. The smallest absolute Gasteiger partial charge is 0.294 e. The highest BCUT2D eigenvalue weighted by Crippen LogP contribution is 2.16. The number of rotatable bonds is 3. The van der Waals surface area contributed by atoms with E-state index in [1.54, 1.807) is 0 Å². The van der Waals surface area contributed by atoms with Gasteiger partial charge in [0.15, 0.2) is 0 Å². The summed E-state index contributed by atoms with van der Waals surface area (Å²) in [6, 6.07) is 5.17. The second kappa shape index (κ2) is 4.15. The Bertz CT molecular complexity index is 426. The molecule has 84 valence electrons. The molecule has 0 bridgehead atoms. The number of hydrogen-bond acceptors (Lipinski definition) is 5. The fourth-order valence-electron chi connectivity index (χ4n) is 1.01. The van der Waals surface area contributed by atoms with Crippen molar-refractivity contribution in [2.45, 2.75) is 18.0 Å². The molecule has 1 unspecified atom stereocenters. The van der Waals surface area contributed by atoms with Crippen LogP contribution in [0.4, 0.5) is 5.69 Å². The van der Waals surface area contributed by atoms with Crippen molar-refractivity contribution in [1.29, 1.82) is 0 Å². The van der Waals surface area contributed by atoms with Gasteiger partial charge in [0.1, 0.15) is 6.23 Å². The minimum atomic E-state index is -4.19. The molecule has 7 heteroatoms. The number of hydrogen-bond donors (Lipinski definition) is 3. The largest absolute Gasteiger partial charge is 0.373 e. The quantitative estimate of drug-likeness (QED) is 0.292. The van der Waals surface area contributed by atoms with Gasteiger partial charge in [0.05, 0.1) is 10.6 Å². The first kappa shape index (κ1) is 11.9. The number of hydrazine groups is 1. The fraction of sp³-hybridized carbons (Fsp3) is 0.250. The molecule has 1 aromatic rings. The van der Waals surface area contributed by atoms with Crippen LogP contribution in [-0.4, -0.2) is 24.3 Å². The number of nitrogens with two attached hydrogens (primary N) is 1. The van der Waals surface area contributed by atoms with Crippen LogP contribution in [0.2, 0.25) is 0 Å². The van der Waals surface area contributed by atoms with E-state index in [0.717, 1.165) is 5.01 Å².